The number of hydrogen-bond donors (Lipinski definition) is 2. The Hall–Kier alpha value is -1.18. The molecule has 1 saturated heterocycles. The molecule has 0 aromatic carbocycles. The highest BCUT2D eigenvalue weighted by atomic mass is 32.2. The summed E-state index contributed by atoms with van der Waals surface area (Å²) in [5, 5.41) is 2.90. The Kier molecular flexibility index (Phi) is 3.84. The number of nitrogens with two attached hydrogens (primary N) is 1. The van der Waals surface area contributed by atoms with Crippen molar-refractivity contribution < 1.29 is 13.2 Å². The quantitative estimate of drug-likeness (QED) is 0.887. The molecule has 0 bridgehead atoms. The summed E-state index contributed by atoms with van der Waals surface area (Å²) in [7, 11) is 0. The lowest BCUT2D eigenvalue weighted by Gasteiger charge is -2.12. The van der Waals surface area contributed by atoms with Gasteiger partial charge in [-0.1, -0.05) is 0 Å². The van der Waals surface area contributed by atoms with E-state index in [4.69, 9.17) is 5.73 Å². The number of halogens is 3. The predicted molar refractivity (Wildman–Crippen MR) is 65.4 cm³/mol. The van der Waals surface area contributed by atoms with E-state index >= 15 is 0 Å². The molecule has 2 heterocycles. The summed E-state index contributed by atoms with van der Waals surface area (Å²) in [6, 6.07) is 1.32. The first kappa shape index (κ1) is 13.3. The van der Waals surface area contributed by atoms with Gasteiger partial charge in [0.25, 0.3) is 0 Å². The molecule has 4 nitrogen and oxygen atoms in total. The van der Waals surface area contributed by atoms with Gasteiger partial charge in [0, 0.05) is 12.6 Å². The smallest absolute Gasteiger partial charge is 0.384 e. The van der Waals surface area contributed by atoms with Gasteiger partial charge in [0.1, 0.15) is 11.6 Å². The van der Waals surface area contributed by atoms with Crippen LogP contribution in [-0.2, 0) is 6.18 Å². The molecule has 18 heavy (non-hydrogen) atoms. The van der Waals surface area contributed by atoms with Crippen LogP contribution in [0.5, 0.6) is 0 Å². The topological polar surface area (TPSA) is 63.8 Å². The summed E-state index contributed by atoms with van der Waals surface area (Å²) >= 11 is 1.85. The fraction of sp³-hybridized carbons (Fsp3) is 0.600. The lowest BCUT2D eigenvalue weighted by Crippen LogP contribution is -2.18. The minimum absolute atomic E-state index is 0.131. The van der Waals surface area contributed by atoms with Gasteiger partial charge in [-0.05, 0) is 23.8 Å². The normalized spacial score (nSPS) is 20.1. The van der Waals surface area contributed by atoms with Crippen molar-refractivity contribution in [3.05, 3.63) is 11.9 Å². The van der Waals surface area contributed by atoms with Gasteiger partial charge in [0.2, 0.25) is 5.82 Å². The Morgan fingerprint density at radius 1 is 1.44 bits per heavy atom. The van der Waals surface area contributed by atoms with E-state index in [9.17, 15) is 13.2 Å². The molecule has 8 heteroatoms. The average molecular weight is 278 g/mol. The van der Waals surface area contributed by atoms with Gasteiger partial charge in [-0.2, -0.15) is 24.9 Å². The molecule has 1 unspecified atom stereocenters. The van der Waals surface area contributed by atoms with Gasteiger partial charge in [0.15, 0.2) is 0 Å². The molecule has 100 valence electrons. The molecule has 0 radical (unpaired) electrons. The van der Waals surface area contributed by atoms with E-state index in [0.29, 0.717) is 12.5 Å². The molecule has 3 N–H and O–H groups in total. The van der Waals surface area contributed by atoms with E-state index in [0.717, 1.165) is 17.9 Å². The molecule has 1 atom stereocenters. The highest BCUT2D eigenvalue weighted by Crippen LogP contribution is 2.28. The minimum Gasteiger partial charge on any atom is -0.384 e. The second kappa shape index (κ2) is 5.21. The number of nitrogens with one attached hydrogen (secondary N) is 1. The molecule has 0 spiro atoms. The maximum atomic E-state index is 12.5. The third-order valence-corrected chi connectivity index (χ3v) is 3.83. The average Bonchev–Trinajstić information content (AvgIpc) is 2.77. The summed E-state index contributed by atoms with van der Waals surface area (Å²) in [5.74, 6) is 1.35. The van der Waals surface area contributed by atoms with Crippen LogP contribution in [0.4, 0.5) is 24.8 Å². The van der Waals surface area contributed by atoms with Crippen molar-refractivity contribution in [1.29, 1.82) is 0 Å². The van der Waals surface area contributed by atoms with Crippen LogP contribution in [0.1, 0.15) is 12.2 Å². The fourth-order valence-corrected chi connectivity index (χ4v) is 2.96. The third kappa shape index (κ3) is 3.41. The fourth-order valence-electron chi connectivity index (χ4n) is 1.68. The van der Waals surface area contributed by atoms with E-state index in [1.54, 1.807) is 0 Å². The van der Waals surface area contributed by atoms with Crippen molar-refractivity contribution in [3.63, 3.8) is 0 Å². The first-order valence-electron chi connectivity index (χ1n) is 5.48. The summed E-state index contributed by atoms with van der Waals surface area (Å²) < 4.78 is 37.4. The first-order chi connectivity index (χ1) is 8.45. The van der Waals surface area contributed by atoms with Gasteiger partial charge >= 0.3 is 6.18 Å². The van der Waals surface area contributed by atoms with Crippen LogP contribution in [0.15, 0.2) is 6.07 Å². The SMILES string of the molecule is Nc1cc(NCC2CCSC2)nc(C(F)(F)F)n1. The van der Waals surface area contributed by atoms with Crippen LogP contribution in [0.2, 0.25) is 0 Å². The molecular formula is C10H13F3N4S. The van der Waals surface area contributed by atoms with Gasteiger partial charge in [-0.25, -0.2) is 9.97 Å². The standard InChI is InChI=1S/C10H13F3N4S/c11-10(12,13)9-16-7(14)3-8(17-9)15-4-6-1-2-18-5-6/h3,6H,1-2,4-5H2,(H3,14,15,16,17). The van der Waals surface area contributed by atoms with Crippen molar-refractivity contribution in [2.75, 3.05) is 29.1 Å². The van der Waals surface area contributed by atoms with Crippen LogP contribution in [0.3, 0.4) is 0 Å². The summed E-state index contributed by atoms with van der Waals surface area (Å²) in [6.45, 7) is 0.612. The number of nitrogen functional groups attached to an aromatic ring is 1. The Balaban J connectivity index is 2.05. The van der Waals surface area contributed by atoms with Gasteiger partial charge < -0.3 is 11.1 Å². The van der Waals surface area contributed by atoms with E-state index in [1.807, 2.05) is 11.8 Å². The third-order valence-electron chi connectivity index (χ3n) is 2.60. The minimum atomic E-state index is -4.57. The zero-order chi connectivity index (χ0) is 13.2. The van der Waals surface area contributed by atoms with Gasteiger partial charge in [-0.15, -0.1) is 0 Å². The summed E-state index contributed by atoms with van der Waals surface area (Å²) in [4.78, 5) is 6.61. The number of nitrogens with zero attached hydrogens (tertiary/aromatic N) is 2. The Morgan fingerprint density at radius 3 is 2.83 bits per heavy atom. The van der Waals surface area contributed by atoms with Crippen LogP contribution in [0.25, 0.3) is 0 Å². The molecule has 0 saturated carbocycles. The first-order valence-corrected chi connectivity index (χ1v) is 6.64. The number of thioether (sulfide) groups is 1. The highest BCUT2D eigenvalue weighted by molar-refractivity contribution is 7.99. The largest absolute Gasteiger partial charge is 0.451 e. The molecule has 0 aliphatic carbocycles. The summed E-state index contributed by atoms with van der Waals surface area (Å²) in [6.07, 6.45) is -3.50. The van der Waals surface area contributed by atoms with E-state index in [2.05, 4.69) is 15.3 Å². The Labute approximate surface area is 107 Å². The van der Waals surface area contributed by atoms with E-state index < -0.39 is 12.0 Å². The lowest BCUT2D eigenvalue weighted by atomic mass is 10.1. The van der Waals surface area contributed by atoms with Gasteiger partial charge in [0.05, 0.1) is 0 Å². The zero-order valence-corrected chi connectivity index (χ0v) is 10.3. The predicted octanol–water partition coefficient (Wildman–Crippen LogP) is 2.24. The number of hydrogen-bond acceptors (Lipinski definition) is 5. The Morgan fingerprint density at radius 2 is 2.22 bits per heavy atom. The number of anilines is 2. The molecule has 1 aliphatic heterocycles. The van der Waals surface area contributed by atoms with Crippen LogP contribution in [0, 0.1) is 5.92 Å². The van der Waals surface area contributed by atoms with Crippen molar-refractivity contribution in [1.82, 2.24) is 9.97 Å². The lowest BCUT2D eigenvalue weighted by molar-refractivity contribution is -0.144. The molecule has 1 aliphatic rings. The summed E-state index contributed by atoms with van der Waals surface area (Å²) in [5.41, 5.74) is 5.34. The van der Waals surface area contributed by atoms with Crippen LogP contribution >= 0.6 is 11.8 Å². The molecule has 1 aromatic rings. The number of rotatable bonds is 3. The van der Waals surface area contributed by atoms with Crippen LogP contribution in [-0.4, -0.2) is 28.0 Å². The molecule has 1 aromatic heterocycles. The zero-order valence-electron chi connectivity index (χ0n) is 9.50. The second-order valence-corrected chi connectivity index (χ2v) is 5.26. The monoisotopic (exact) mass is 278 g/mol. The molecule has 2 rings (SSSR count). The van der Waals surface area contributed by atoms with E-state index in [1.165, 1.54) is 6.07 Å². The molecular weight excluding hydrogens is 265 g/mol. The molecule has 1 fully saturated rings. The highest BCUT2D eigenvalue weighted by Gasteiger charge is 2.35. The number of aromatic nitrogens is 2. The van der Waals surface area contributed by atoms with Crippen LogP contribution < -0.4 is 11.1 Å². The maximum absolute atomic E-state index is 12.5. The number of alkyl halides is 3. The molecule has 0 amide bonds. The van der Waals surface area contributed by atoms with Crippen molar-refractivity contribution in [2.45, 2.75) is 12.6 Å². The Bertz CT molecular complexity index is 418. The van der Waals surface area contributed by atoms with Crippen molar-refractivity contribution in [3.8, 4) is 0 Å². The van der Waals surface area contributed by atoms with Gasteiger partial charge in [-0.3, -0.25) is 0 Å². The second-order valence-electron chi connectivity index (χ2n) is 4.11. The maximum Gasteiger partial charge on any atom is 0.451 e. The van der Waals surface area contributed by atoms with Crippen molar-refractivity contribution in [2.24, 2.45) is 5.92 Å². The van der Waals surface area contributed by atoms with Crippen molar-refractivity contribution >= 4 is 23.4 Å². The van der Waals surface area contributed by atoms with E-state index in [-0.39, 0.29) is 11.6 Å².